The lowest BCUT2D eigenvalue weighted by atomic mass is 10.1. The van der Waals surface area contributed by atoms with Gasteiger partial charge >= 0.3 is 0 Å². The summed E-state index contributed by atoms with van der Waals surface area (Å²) in [4.78, 5) is 12.8. The molecule has 0 bridgehead atoms. The molecule has 0 radical (unpaired) electrons. The number of carbonyl (C=O) groups is 1. The van der Waals surface area contributed by atoms with E-state index in [2.05, 4.69) is 10.5 Å². The molecule has 0 aliphatic carbocycles. The van der Waals surface area contributed by atoms with Gasteiger partial charge in [-0.25, -0.2) is 0 Å². The van der Waals surface area contributed by atoms with Gasteiger partial charge in [-0.1, -0.05) is 53.2 Å². The fourth-order valence-electron chi connectivity index (χ4n) is 3.02. The van der Waals surface area contributed by atoms with Gasteiger partial charge in [0.15, 0.2) is 11.5 Å². The summed E-state index contributed by atoms with van der Waals surface area (Å²) in [6.07, 6.45) is 0. The number of nitrogens with zero attached hydrogens (tertiary/aromatic N) is 1. The highest BCUT2D eigenvalue weighted by molar-refractivity contribution is 6.30. The Balaban J connectivity index is 1.59. The second-order valence-electron chi connectivity index (χ2n) is 6.55. The molecule has 2 heterocycles. The van der Waals surface area contributed by atoms with Crippen LogP contribution in [-0.2, 0) is 6.54 Å². The van der Waals surface area contributed by atoms with Gasteiger partial charge in [0.1, 0.15) is 11.3 Å². The smallest absolute Gasteiger partial charge is 0.259 e. The third kappa shape index (κ3) is 3.88. The number of benzene rings is 2. The van der Waals surface area contributed by atoms with Crippen molar-refractivity contribution in [1.82, 2.24) is 10.5 Å². The molecule has 0 fully saturated rings. The van der Waals surface area contributed by atoms with Crippen molar-refractivity contribution in [2.75, 3.05) is 5.73 Å². The topological polar surface area (TPSA) is 94.3 Å². The van der Waals surface area contributed by atoms with Crippen LogP contribution in [0.25, 0.3) is 22.8 Å². The Labute approximate surface area is 172 Å². The largest absolute Gasteiger partial charge is 0.454 e. The molecular formula is C22H18ClN3O3. The minimum atomic E-state index is -0.386. The summed E-state index contributed by atoms with van der Waals surface area (Å²) in [5.41, 5.74) is 9.17. The zero-order chi connectivity index (χ0) is 20.4. The molecule has 0 unspecified atom stereocenters. The van der Waals surface area contributed by atoms with Crippen molar-refractivity contribution in [2.24, 2.45) is 0 Å². The van der Waals surface area contributed by atoms with Gasteiger partial charge in [-0.05, 0) is 42.3 Å². The fourth-order valence-corrected chi connectivity index (χ4v) is 3.22. The normalized spacial score (nSPS) is 10.8. The lowest BCUT2D eigenvalue weighted by Crippen LogP contribution is -2.24. The van der Waals surface area contributed by atoms with Gasteiger partial charge in [0.25, 0.3) is 5.91 Å². The number of aryl methyl sites for hydroxylation is 1. The SMILES string of the molecule is Cc1ccccc1CNC(=O)c1c(-c2ccc(-c3cccc(Cl)c3)o2)noc1N. The maximum atomic E-state index is 12.8. The zero-order valence-corrected chi connectivity index (χ0v) is 16.4. The van der Waals surface area contributed by atoms with Crippen LogP contribution in [0.15, 0.2) is 69.6 Å². The third-order valence-electron chi connectivity index (χ3n) is 4.59. The van der Waals surface area contributed by atoms with Crippen molar-refractivity contribution in [2.45, 2.75) is 13.5 Å². The molecule has 6 nitrogen and oxygen atoms in total. The average Bonchev–Trinajstić information content (AvgIpc) is 3.34. The van der Waals surface area contributed by atoms with Gasteiger partial charge < -0.3 is 20.0 Å². The molecule has 0 saturated carbocycles. The van der Waals surface area contributed by atoms with E-state index in [0.717, 1.165) is 16.7 Å². The van der Waals surface area contributed by atoms with Crippen molar-refractivity contribution in [3.63, 3.8) is 0 Å². The first kappa shape index (κ1) is 18.8. The number of nitrogens with two attached hydrogens (primary N) is 1. The Morgan fingerprint density at radius 3 is 2.69 bits per heavy atom. The van der Waals surface area contributed by atoms with Gasteiger partial charge in [-0.2, -0.15) is 0 Å². The second-order valence-corrected chi connectivity index (χ2v) is 6.99. The van der Waals surface area contributed by atoms with Gasteiger partial charge in [0, 0.05) is 17.1 Å². The van der Waals surface area contributed by atoms with Crippen LogP contribution in [-0.4, -0.2) is 11.1 Å². The van der Waals surface area contributed by atoms with E-state index in [4.69, 9.17) is 26.3 Å². The van der Waals surface area contributed by atoms with Crippen molar-refractivity contribution in [3.05, 3.63) is 82.4 Å². The molecule has 2 aromatic heterocycles. The number of hydrogen-bond acceptors (Lipinski definition) is 5. The van der Waals surface area contributed by atoms with E-state index < -0.39 is 0 Å². The fraction of sp³-hybridized carbons (Fsp3) is 0.0909. The summed E-state index contributed by atoms with van der Waals surface area (Å²) >= 11 is 6.05. The molecule has 0 aliphatic rings. The minimum absolute atomic E-state index is 0.0667. The second kappa shape index (κ2) is 7.85. The Morgan fingerprint density at radius 2 is 1.90 bits per heavy atom. The van der Waals surface area contributed by atoms with Gasteiger partial charge in [0.05, 0.1) is 0 Å². The number of anilines is 1. The number of rotatable bonds is 5. The molecule has 1 amide bonds. The molecule has 0 atom stereocenters. The highest BCUT2D eigenvalue weighted by Crippen LogP contribution is 2.32. The first-order valence-corrected chi connectivity index (χ1v) is 9.34. The molecule has 7 heteroatoms. The summed E-state index contributed by atoms with van der Waals surface area (Å²) in [5.74, 6) is 0.516. The van der Waals surface area contributed by atoms with Crippen LogP contribution in [0.2, 0.25) is 5.02 Å². The quantitative estimate of drug-likeness (QED) is 0.481. The molecule has 29 heavy (non-hydrogen) atoms. The molecule has 0 spiro atoms. The number of carbonyl (C=O) groups excluding carboxylic acids is 1. The van der Waals surface area contributed by atoms with E-state index in [9.17, 15) is 4.79 Å². The highest BCUT2D eigenvalue weighted by Gasteiger charge is 2.25. The lowest BCUT2D eigenvalue weighted by molar-refractivity contribution is 0.0952. The van der Waals surface area contributed by atoms with Crippen LogP contribution in [0.1, 0.15) is 21.5 Å². The molecule has 146 valence electrons. The van der Waals surface area contributed by atoms with E-state index in [1.54, 1.807) is 24.3 Å². The van der Waals surface area contributed by atoms with Crippen molar-refractivity contribution in [1.29, 1.82) is 0 Å². The van der Waals surface area contributed by atoms with Gasteiger partial charge in [-0.15, -0.1) is 0 Å². The Kier molecular flexibility index (Phi) is 5.10. The molecular weight excluding hydrogens is 390 g/mol. The maximum Gasteiger partial charge on any atom is 0.259 e. The van der Waals surface area contributed by atoms with E-state index in [1.807, 2.05) is 43.3 Å². The average molecular weight is 408 g/mol. The number of nitrogens with one attached hydrogen (secondary N) is 1. The summed E-state index contributed by atoms with van der Waals surface area (Å²) in [6.45, 7) is 2.35. The maximum absolute atomic E-state index is 12.8. The lowest BCUT2D eigenvalue weighted by Gasteiger charge is -2.07. The van der Waals surface area contributed by atoms with Crippen molar-refractivity contribution in [3.8, 4) is 22.8 Å². The number of furan rings is 1. The zero-order valence-electron chi connectivity index (χ0n) is 15.6. The number of amides is 1. The number of nitrogen functional groups attached to an aromatic ring is 1. The Hall–Kier alpha value is -3.51. The van der Waals surface area contributed by atoms with Crippen LogP contribution in [0.3, 0.4) is 0 Å². The first-order valence-electron chi connectivity index (χ1n) is 8.97. The number of aromatic nitrogens is 1. The van der Waals surface area contributed by atoms with Crippen LogP contribution in [0.5, 0.6) is 0 Å². The van der Waals surface area contributed by atoms with E-state index in [1.165, 1.54) is 0 Å². The molecule has 4 rings (SSSR count). The molecule has 2 aromatic carbocycles. The molecule has 4 aromatic rings. The molecule has 0 aliphatic heterocycles. The first-order chi connectivity index (χ1) is 14.0. The predicted octanol–water partition coefficient (Wildman–Crippen LogP) is 5.08. The van der Waals surface area contributed by atoms with E-state index in [0.29, 0.717) is 23.1 Å². The van der Waals surface area contributed by atoms with Crippen LogP contribution in [0.4, 0.5) is 5.88 Å². The highest BCUT2D eigenvalue weighted by atomic mass is 35.5. The Bertz CT molecular complexity index is 1180. The van der Waals surface area contributed by atoms with Crippen LogP contribution in [0, 0.1) is 6.92 Å². The third-order valence-corrected chi connectivity index (χ3v) is 4.83. The van der Waals surface area contributed by atoms with Crippen molar-refractivity contribution >= 4 is 23.4 Å². The number of hydrogen-bond donors (Lipinski definition) is 2. The molecule has 3 N–H and O–H groups in total. The van der Waals surface area contributed by atoms with Crippen LogP contribution >= 0.6 is 11.6 Å². The summed E-state index contributed by atoms with van der Waals surface area (Å²) in [6, 6.07) is 18.6. The minimum Gasteiger partial charge on any atom is -0.454 e. The van der Waals surface area contributed by atoms with E-state index >= 15 is 0 Å². The Morgan fingerprint density at radius 1 is 1.10 bits per heavy atom. The van der Waals surface area contributed by atoms with Crippen LogP contribution < -0.4 is 11.1 Å². The van der Waals surface area contributed by atoms with E-state index in [-0.39, 0.29) is 23.0 Å². The summed E-state index contributed by atoms with van der Waals surface area (Å²) < 4.78 is 10.9. The molecule has 0 saturated heterocycles. The summed E-state index contributed by atoms with van der Waals surface area (Å²) in [5, 5.41) is 7.38. The predicted molar refractivity (Wildman–Crippen MR) is 111 cm³/mol. The monoisotopic (exact) mass is 407 g/mol. The van der Waals surface area contributed by atoms with Gasteiger partial charge in [0.2, 0.25) is 5.88 Å². The van der Waals surface area contributed by atoms with Gasteiger partial charge in [-0.3, -0.25) is 4.79 Å². The summed E-state index contributed by atoms with van der Waals surface area (Å²) in [7, 11) is 0. The van der Waals surface area contributed by atoms with Crippen molar-refractivity contribution < 1.29 is 13.7 Å². The standard InChI is InChI=1S/C22H18ClN3O3/c1-13-5-2-3-6-15(13)12-25-22(27)19-20(26-29-21(19)24)18-10-9-17(28-18)14-7-4-8-16(23)11-14/h2-11H,12,24H2,1H3,(H,25,27). The number of halogens is 1.